The quantitative estimate of drug-likeness (QED) is 0.832. The van der Waals surface area contributed by atoms with Crippen LogP contribution in [0.2, 0.25) is 5.02 Å². The highest BCUT2D eigenvalue weighted by Crippen LogP contribution is 2.33. The van der Waals surface area contributed by atoms with Gasteiger partial charge in [0.25, 0.3) is 0 Å². The lowest BCUT2D eigenvalue weighted by Crippen LogP contribution is -2.19. The van der Waals surface area contributed by atoms with Crippen molar-refractivity contribution in [3.63, 3.8) is 0 Å². The molecule has 2 N–H and O–H groups in total. The lowest BCUT2D eigenvalue weighted by Gasteiger charge is -2.25. The molecule has 0 fully saturated rings. The van der Waals surface area contributed by atoms with Crippen molar-refractivity contribution >= 4 is 11.6 Å². The highest BCUT2D eigenvalue weighted by atomic mass is 35.5. The van der Waals surface area contributed by atoms with Crippen LogP contribution >= 0.6 is 11.6 Å². The molecule has 0 saturated heterocycles. The van der Waals surface area contributed by atoms with Crippen molar-refractivity contribution < 1.29 is 0 Å². The Labute approximate surface area is 97.6 Å². The van der Waals surface area contributed by atoms with Gasteiger partial charge in [0.2, 0.25) is 0 Å². The van der Waals surface area contributed by atoms with Gasteiger partial charge in [-0.1, -0.05) is 50.6 Å². The molecule has 0 spiro atoms. The predicted octanol–water partition coefficient (Wildman–Crippen LogP) is 3.82. The van der Waals surface area contributed by atoms with Crippen molar-refractivity contribution in [2.75, 3.05) is 6.54 Å². The molecule has 84 valence electrons. The second-order valence-corrected chi connectivity index (χ2v) is 5.63. The lowest BCUT2D eigenvalue weighted by atomic mass is 9.81. The van der Waals surface area contributed by atoms with Gasteiger partial charge in [-0.25, -0.2) is 0 Å². The van der Waals surface area contributed by atoms with E-state index in [1.807, 2.05) is 18.2 Å². The fraction of sp³-hybridized carbons (Fsp3) is 0.538. The maximum absolute atomic E-state index is 6.17. The van der Waals surface area contributed by atoms with Crippen molar-refractivity contribution in [1.82, 2.24) is 0 Å². The predicted molar refractivity (Wildman–Crippen MR) is 67.3 cm³/mol. The van der Waals surface area contributed by atoms with Gasteiger partial charge in [0.1, 0.15) is 0 Å². The summed E-state index contributed by atoms with van der Waals surface area (Å²) >= 11 is 6.17. The molecule has 0 aliphatic rings. The van der Waals surface area contributed by atoms with Crippen LogP contribution in [0.4, 0.5) is 0 Å². The number of halogens is 1. The zero-order valence-corrected chi connectivity index (χ0v) is 10.5. The molecule has 1 nitrogen and oxygen atoms in total. The summed E-state index contributed by atoms with van der Waals surface area (Å²) in [6.07, 6.45) is 1.06. The van der Waals surface area contributed by atoms with Gasteiger partial charge >= 0.3 is 0 Å². The van der Waals surface area contributed by atoms with Crippen LogP contribution in [0.25, 0.3) is 0 Å². The van der Waals surface area contributed by atoms with Gasteiger partial charge in [0.15, 0.2) is 0 Å². The maximum atomic E-state index is 6.17. The van der Waals surface area contributed by atoms with E-state index in [1.54, 1.807) is 0 Å². The molecule has 0 saturated carbocycles. The molecule has 1 aromatic carbocycles. The van der Waals surface area contributed by atoms with Gasteiger partial charge in [-0.15, -0.1) is 0 Å². The molecule has 0 aromatic heterocycles. The zero-order chi connectivity index (χ0) is 11.5. The molecule has 0 radical (unpaired) electrons. The molecule has 0 aliphatic heterocycles. The Morgan fingerprint density at radius 2 is 1.87 bits per heavy atom. The summed E-state index contributed by atoms with van der Waals surface area (Å²) in [4.78, 5) is 0. The van der Waals surface area contributed by atoms with Gasteiger partial charge in [-0.05, 0) is 35.9 Å². The number of benzene rings is 1. The molecule has 1 rings (SSSR count). The van der Waals surface area contributed by atoms with E-state index in [0.717, 1.165) is 11.4 Å². The average Bonchev–Trinajstić information content (AvgIpc) is 2.14. The molecule has 15 heavy (non-hydrogen) atoms. The van der Waals surface area contributed by atoms with E-state index < -0.39 is 0 Å². The Hall–Kier alpha value is -0.530. The number of hydrogen-bond donors (Lipinski definition) is 1. The second-order valence-electron chi connectivity index (χ2n) is 5.22. The number of nitrogens with two attached hydrogens (primary N) is 1. The van der Waals surface area contributed by atoms with E-state index in [-0.39, 0.29) is 5.41 Å². The summed E-state index contributed by atoms with van der Waals surface area (Å²) in [5.74, 6) is 0.360. The highest BCUT2D eigenvalue weighted by Gasteiger charge is 2.20. The van der Waals surface area contributed by atoms with Crippen LogP contribution in [0.5, 0.6) is 0 Å². The minimum absolute atomic E-state index is 0.281. The van der Waals surface area contributed by atoms with Gasteiger partial charge in [-0.2, -0.15) is 0 Å². The topological polar surface area (TPSA) is 26.0 Å². The average molecular weight is 226 g/mol. The third-order valence-corrected chi connectivity index (χ3v) is 2.83. The lowest BCUT2D eigenvalue weighted by molar-refractivity contribution is 0.342. The molecule has 0 bridgehead atoms. The largest absolute Gasteiger partial charge is 0.330 e. The highest BCUT2D eigenvalue weighted by molar-refractivity contribution is 6.31. The van der Waals surface area contributed by atoms with Crippen molar-refractivity contribution in [3.8, 4) is 0 Å². The molecule has 1 unspecified atom stereocenters. The van der Waals surface area contributed by atoms with Crippen molar-refractivity contribution in [2.24, 2.45) is 11.1 Å². The van der Waals surface area contributed by atoms with Crippen molar-refractivity contribution in [1.29, 1.82) is 0 Å². The molecule has 0 aliphatic carbocycles. The summed E-state index contributed by atoms with van der Waals surface area (Å²) in [7, 11) is 0. The van der Waals surface area contributed by atoms with Crippen LogP contribution < -0.4 is 5.73 Å². The van der Waals surface area contributed by atoms with E-state index in [0.29, 0.717) is 12.5 Å². The van der Waals surface area contributed by atoms with Crippen molar-refractivity contribution in [2.45, 2.75) is 33.1 Å². The zero-order valence-electron chi connectivity index (χ0n) is 9.76. The van der Waals surface area contributed by atoms with Crippen LogP contribution in [0, 0.1) is 5.41 Å². The third kappa shape index (κ3) is 3.84. The Morgan fingerprint density at radius 1 is 1.27 bits per heavy atom. The third-order valence-electron chi connectivity index (χ3n) is 2.49. The molecule has 0 heterocycles. The monoisotopic (exact) mass is 225 g/mol. The maximum Gasteiger partial charge on any atom is 0.0441 e. The van der Waals surface area contributed by atoms with Gasteiger partial charge in [0, 0.05) is 5.02 Å². The molecule has 0 amide bonds. The Balaban J connectivity index is 2.88. The SMILES string of the molecule is CC(C)(C)CC(CN)c1ccccc1Cl. The minimum atomic E-state index is 0.281. The standard InChI is InChI=1S/C13H20ClN/c1-13(2,3)8-10(9-15)11-6-4-5-7-12(11)14/h4-7,10H,8-9,15H2,1-3H3. The molecular formula is C13H20ClN. The summed E-state index contributed by atoms with van der Waals surface area (Å²) < 4.78 is 0. The summed E-state index contributed by atoms with van der Waals surface area (Å²) in [6, 6.07) is 7.98. The van der Waals surface area contributed by atoms with Crippen LogP contribution in [0.1, 0.15) is 38.7 Å². The van der Waals surface area contributed by atoms with Crippen LogP contribution in [-0.4, -0.2) is 6.54 Å². The number of hydrogen-bond acceptors (Lipinski definition) is 1. The second kappa shape index (κ2) is 5.00. The summed E-state index contributed by atoms with van der Waals surface area (Å²) in [6.45, 7) is 7.34. The van der Waals surface area contributed by atoms with Crippen LogP contribution in [0.15, 0.2) is 24.3 Å². The van der Waals surface area contributed by atoms with E-state index in [4.69, 9.17) is 17.3 Å². The van der Waals surface area contributed by atoms with E-state index in [1.165, 1.54) is 5.56 Å². The molecule has 1 aromatic rings. The summed E-state index contributed by atoms with van der Waals surface area (Å²) in [5, 5.41) is 0.831. The first-order valence-electron chi connectivity index (χ1n) is 5.38. The van der Waals surface area contributed by atoms with Gasteiger partial charge in [-0.3, -0.25) is 0 Å². The summed E-state index contributed by atoms with van der Waals surface area (Å²) in [5.41, 5.74) is 7.28. The first-order valence-corrected chi connectivity index (χ1v) is 5.76. The van der Waals surface area contributed by atoms with E-state index in [9.17, 15) is 0 Å². The fourth-order valence-corrected chi connectivity index (χ4v) is 2.16. The van der Waals surface area contributed by atoms with Crippen LogP contribution in [0.3, 0.4) is 0 Å². The van der Waals surface area contributed by atoms with Crippen molar-refractivity contribution in [3.05, 3.63) is 34.9 Å². The Bertz CT molecular complexity index is 315. The molecular weight excluding hydrogens is 206 g/mol. The normalized spacial score (nSPS) is 13.9. The van der Waals surface area contributed by atoms with E-state index in [2.05, 4.69) is 26.8 Å². The van der Waals surface area contributed by atoms with Gasteiger partial charge < -0.3 is 5.73 Å². The molecule has 2 heteroatoms. The van der Waals surface area contributed by atoms with E-state index >= 15 is 0 Å². The smallest absolute Gasteiger partial charge is 0.0441 e. The minimum Gasteiger partial charge on any atom is -0.330 e. The Kier molecular flexibility index (Phi) is 4.18. The van der Waals surface area contributed by atoms with Gasteiger partial charge in [0.05, 0.1) is 0 Å². The fourth-order valence-electron chi connectivity index (χ4n) is 1.87. The molecule has 1 atom stereocenters. The number of rotatable bonds is 3. The first-order chi connectivity index (χ1) is 6.94. The first kappa shape index (κ1) is 12.5. The Morgan fingerprint density at radius 3 is 2.33 bits per heavy atom. The van der Waals surface area contributed by atoms with Crippen LogP contribution in [-0.2, 0) is 0 Å².